The molecule has 1 aromatic heterocycles. The molecular formula is C20H26N4O. The summed E-state index contributed by atoms with van der Waals surface area (Å²) in [4.78, 5) is 18.4. The lowest BCUT2D eigenvalue weighted by Gasteiger charge is -2.32. The smallest absolute Gasteiger partial charge is 0.315 e. The number of amides is 2. The summed E-state index contributed by atoms with van der Waals surface area (Å²) < 4.78 is 0. The minimum absolute atomic E-state index is 0.100. The number of carbonyl (C=O) groups excluding carboxylic acids is 1. The third-order valence-corrected chi connectivity index (χ3v) is 4.61. The van der Waals surface area contributed by atoms with E-state index in [-0.39, 0.29) is 6.03 Å². The van der Waals surface area contributed by atoms with E-state index in [1.807, 2.05) is 12.1 Å². The van der Waals surface area contributed by atoms with Crippen molar-refractivity contribution < 1.29 is 4.79 Å². The molecule has 0 radical (unpaired) electrons. The molecule has 132 valence electrons. The Morgan fingerprint density at radius 2 is 1.88 bits per heavy atom. The minimum atomic E-state index is -0.100. The highest BCUT2D eigenvalue weighted by Gasteiger charge is 2.20. The van der Waals surface area contributed by atoms with Crippen LogP contribution in [0.4, 0.5) is 4.79 Å². The van der Waals surface area contributed by atoms with Crippen LogP contribution in [0.2, 0.25) is 0 Å². The Labute approximate surface area is 149 Å². The van der Waals surface area contributed by atoms with Crippen LogP contribution in [0.1, 0.15) is 24.0 Å². The number of nitrogens with zero attached hydrogens (tertiary/aromatic N) is 2. The molecule has 5 heteroatoms. The second-order valence-electron chi connectivity index (χ2n) is 6.65. The predicted octanol–water partition coefficient (Wildman–Crippen LogP) is 2.79. The van der Waals surface area contributed by atoms with E-state index < -0.39 is 0 Å². The van der Waals surface area contributed by atoms with Gasteiger partial charge in [0, 0.05) is 38.6 Å². The summed E-state index contributed by atoms with van der Waals surface area (Å²) >= 11 is 0. The lowest BCUT2D eigenvalue weighted by Crippen LogP contribution is -2.43. The van der Waals surface area contributed by atoms with Gasteiger partial charge in [-0.3, -0.25) is 9.88 Å². The summed E-state index contributed by atoms with van der Waals surface area (Å²) in [5.41, 5.74) is 2.41. The molecule has 5 nitrogen and oxygen atoms in total. The van der Waals surface area contributed by atoms with Crippen molar-refractivity contribution in [2.24, 2.45) is 5.92 Å². The van der Waals surface area contributed by atoms with Crippen LogP contribution in [0.15, 0.2) is 54.9 Å². The highest BCUT2D eigenvalue weighted by Crippen LogP contribution is 2.18. The topological polar surface area (TPSA) is 57.3 Å². The third kappa shape index (κ3) is 5.87. The summed E-state index contributed by atoms with van der Waals surface area (Å²) in [7, 11) is 0. The summed E-state index contributed by atoms with van der Waals surface area (Å²) in [5, 5.41) is 5.91. The van der Waals surface area contributed by atoms with Gasteiger partial charge in [0.1, 0.15) is 0 Å². The molecule has 0 saturated carbocycles. The number of rotatable bonds is 6. The van der Waals surface area contributed by atoms with E-state index in [2.05, 4.69) is 50.8 Å². The van der Waals surface area contributed by atoms with Gasteiger partial charge >= 0.3 is 6.03 Å². The predicted molar refractivity (Wildman–Crippen MR) is 98.9 cm³/mol. The SMILES string of the molecule is O=C(NCc1ccncc1)NCC1CCCN(Cc2ccccc2)C1. The van der Waals surface area contributed by atoms with Crippen molar-refractivity contribution in [2.75, 3.05) is 19.6 Å². The molecule has 2 amide bonds. The number of hydrogen-bond donors (Lipinski definition) is 2. The number of urea groups is 1. The molecule has 2 aromatic rings. The first-order chi connectivity index (χ1) is 12.3. The quantitative estimate of drug-likeness (QED) is 0.851. The van der Waals surface area contributed by atoms with E-state index >= 15 is 0 Å². The van der Waals surface area contributed by atoms with E-state index in [1.165, 1.54) is 18.4 Å². The van der Waals surface area contributed by atoms with Crippen LogP contribution in [0.3, 0.4) is 0 Å². The van der Waals surface area contributed by atoms with E-state index in [0.717, 1.165) is 31.7 Å². The van der Waals surface area contributed by atoms with Gasteiger partial charge in [-0.25, -0.2) is 4.79 Å². The van der Waals surface area contributed by atoms with Crippen LogP contribution in [-0.4, -0.2) is 35.5 Å². The van der Waals surface area contributed by atoms with E-state index in [1.54, 1.807) is 12.4 Å². The molecule has 0 bridgehead atoms. The van der Waals surface area contributed by atoms with Gasteiger partial charge in [0.05, 0.1) is 0 Å². The molecule has 3 rings (SSSR count). The molecule has 0 spiro atoms. The minimum Gasteiger partial charge on any atom is -0.338 e. The number of aromatic nitrogens is 1. The number of nitrogens with one attached hydrogen (secondary N) is 2. The highest BCUT2D eigenvalue weighted by molar-refractivity contribution is 5.73. The molecule has 1 aliphatic heterocycles. The molecule has 2 N–H and O–H groups in total. The Balaban J connectivity index is 1.38. The van der Waals surface area contributed by atoms with Crippen LogP contribution in [0.5, 0.6) is 0 Å². The van der Waals surface area contributed by atoms with Gasteiger partial charge in [-0.1, -0.05) is 30.3 Å². The zero-order valence-electron chi connectivity index (χ0n) is 14.5. The van der Waals surface area contributed by atoms with Crippen molar-refractivity contribution >= 4 is 6.03 Å². The number of carbonyl (C=O) groups is 1. The van der Waals surface area contributed by atoms with Gasteiger partial charge in [0.2, 0.25) is 0 Å². The second-order valence-corrected chi connectivity index (χ2v) is 6.65. The maximum atomic E-state index is 12.0. The largest absolute Gasteiger partial charge is 0.338 e. The van der Waals surface area contributed by atoms with Gasteiger partial charge in [-0.15, -0.1) is 0 Å². The van der Waals surface area contributed by atoms with Crippen LogP contribution in [0, 0.1) is 5.92 Å². The first-order valence-corrected chi connectivity index (χ1v) is 8.96. The first-order valence-electron chi connectivity index (χ1n) is 8.96. The Bertz CT molecular complexity index is 647. The zero-order chi connectivity index (χ0) is 17.3. The van der Waals surface area contributed by atoms with Crippen molar-refractivity contribution in [3.8, 4) is 0 Å². The Morgan fingerprint density at radius 1 is 1.08 bits per heavy atom. The van der Waals surface area contributed by atoms with Crippen LogP contribution < -0.4 is 10.6 Å². The molecule has 1 unspecified atom stereocenters. The number of benzene rings is 1. The molecule has 1 aromatic carbocycles. The maximum Gasteiger partial charge on any atom is 0.315 e. The normalized spacial score (nSPS) is 17.8. The van der Waals surface area contributed by atoms with Gasteiger partial charge in [-0.05, 0) is 48.6 Å². The standard InChI is InChI=1S/C20H26N4O/c25-20(22-13-17-8-10-21-11-9-17)23-14-19-7-4-12-24(16-19)15-18-5-2-1-3-6-18/h1-3,5-6,8-11,19H,4,7,12-16H2,(H2,22,23,25). The summed E-state index contributed by atoms with van der Waals surface area (Å²) in [6.45, 7) is 4.43. The molecule has 0 aliphatic carbocycles. The summed E-state index contributed by atoms with van der Waals surface area (Å²) in [6, 6.07) is 14.3. The van der Waals surface area contributed by atoms with Crippen molar-refractivity contribution in [1.29, 1.82) is 0 Å². The van der Waals surface area contributed by atoms with Gasteiger partial charge < -0.3 is 10.6 Å². The zero-order valence-corrected chi connectivity index (χ0v) is 14.5. The van der Waals surface area contributed by atoms with Crippen molar-refractivity contribution in [2.45, 2.75) is 25.9 Å². The van der Waals surface area contributed by atoms with Gasteiger partial charge in [-0.2, -0.15) is 0 Å². The lowest BCUT2D eigenvalue weighted by molar-refractivity contribution is 0.165. The second kappa shape index (κ2) is 9.18. The van der Waals surface area contributed by atoms with E-state index in [0.29, 0.717) is 12.5 Å². The molecule has 2 heterocycles. The average molecular weight is 338 g/mol. The fourth-order valence-corrected chi connectivity index (χ4v) is 3.29. The van der Waals surface area contributed by atoms with Crippen LogP contribution >= 0.6 is 0 Å². The fourth-order valence-electron chi connectivity index (χ4n) is 3.29. The molecule has 1 aliphatic rings. The average Bonchev–Trinajstić information content (AvgIpc) is 2.67. The van der Waals surface area contributed by atoms with Gasteiger partial charge in [0.15, 0.2) is 0 Å². The number of pyridine rings is 1. The first kappa shape index (κ1) is 17.4. The Morgan fingerprint density at radius 3 is 2.68 bits per heavy atom. The van der Waals surface area contributed by atoms with E-state index in [4.69, 9.17) is 0 Å². The highest BCUT2D eigenvalue weighted by atomic mass is 16.2. The van der Waals surface area contributed by atoms with E-state index in [9.17, 15) is 4.79 Å². The third-order valence-electron chi connectivity index (χ3n) is 4.61. The molecule has 1 atom stereocenters. The molecule has 25 heavy (non-hydrogen) atoms. The summed E-state index contributed by atoms with van der Waals surface area (Å²) in [5.74, 6) is 0.518. The number of piperidine rings is 1. The van der Waals surface area contributed by atoms with Crippen molar-refractivity contribution in [3.63, 3.8) is 0 Å². The summed E-state index contributed by atoms with van der Waals surface area (Å²) in [6.07, 6.45) is 5.84. The van der Waals surface area contributed by atoms with Crippen molar-refractivity contribution in [3.05, 3.63) is 66.0 Å². The molecule has 1 fully saturated rings. The van der Waals surface area contributed by atoms with Crippen LogP contribution in [-0.2, 0) is 13.1 Å². The monoisotopic (exact) mass is 338 g/mol. The van der Waals surface area contributed by atoms with Gasteiger partial charge in [0.25, 0.3) is 0 Å². The van der Waals surface area contributed by atoms with Crippen LogP contribution in [0.25, 0.3) is 0 Å². The Hall–Kier alpha value is -2.40. The maximum absolute atomic E-state index is 12.0. The fraction of sp³-hybridized carbons (Fsp3) is 0.400. The number of hydrogen-bond acceptors (Lipinski definition) is 3. The number of likely N-dealkylation sites (tertiary alicyclic amines) is 1. The molecular weight excluding hydrogens is 312 g/mol. The Kier molecular flexibility index (Phi) is 6.40. The lowest BCUT2D eigenvalue weighted by atomic mass is 9.97. The van der Waals surface area contributed by atoms with Crippen molar-refractivity contribution in [1.82, 2.24) is 20.5 Å². The molecule has 1 saturated heterocycles.